The van der Waals surface area contributed by atoms with Crippen molar-refractivity contribution in [2.24, 2.45) is 0 Å². The minimum absolute atomic E-state index is 0.286. The lowest BCUT2D eigenvalue weighted by Gasteiger charge is -1.98. The fraction of sp³-hybridized carbons (Fsp3) is 0.125. The van der Waals surface area contributed by atoms with Crippen molar-refractivity contribution in [1.29, 1.82) is 0 Å². The maximum atomic E-state index is 11.1. The van der Waals surface area contributed by atoms with Gasteiger partial charge in [0.05, 0.1) is 4.90 Å². The number of alkyl halides is 3. The van der Waals surface area contributed by atoms with Crippen LogP contribution in [-0.4, -0.2) is 25.7 Å². The molecule has 0 saturated heterocycles. The van der Waals surface area contributed by atoms with E-state index in [2.05, 4.69) is 2.94 Å². The Balaban J connectivity index is 0.000000360. The molecule has 0 spiro atoms. The van der Waals surface area contributed by atoms with E-state index in [1.54, 1.807) is 53.2 Å². The van der Waals surface area contributed by atoms with Crippen LogP contribution in [-0.2, 0) is 14.8 Å². The minimum atomic E-state index is -5.08. The molecule has 0 aromatic heterocycles. The number of sulfonamides is 1. The topological polar surface area (TPSA) is 83.5 Å². The Morgan fingerprint density at radius 2 is 1.61 bits per heavy atom. The summed E-state index contributed by atoms with van der Waals surface area (Å²) in [5.41, 5.74) is 0. The quantitative estimate of drug-likeness (QED) is 0.591. The van der Waals surface area contributed by atoms with Crippen molar-refractivity contribution < 1.29 is 31.5 Å². The second-order valence-electron chi connectivity index (χ2n) is 2.70. The molecule has 0 amide bonds. The molecule has 0 aliphatic heterocycles. The van der Waals surface area contributed by atoms with E-state index in [0.29, 0.717) is 0 Å². The summed E-state index contributed by atoms with van der Waals surface area (Å²) < 4.78 is 56.1. The van der Waals surface area contributed by atoms with Gasteiger partial charge >= 0.3 is 12.1 Å². The zero-order valence-corrected chi connectivity index (χ0v) is 11.5. The van der Waals surface area contributed by atoms with Gasteiger partial charge in [-0.2, -0.15) is 16.1 Å². The van der Waals surface area contributed by atoms with E-state index in [-0.39, 0.29) is 4.90 Å². The first-order valence-electron chi connectivity index (χ1n) is 4.09. The Bertz CT molecular complexity index is 489. The molecule has 0 atom stereocenters. The van der Waals surface area contributed by atoms with Crippen LogP contribution in [0, 0.1) is 0 Å². The van der Waals surface area contributed by atoms with Gasteiger partial charge in [-0.3, -0.25) is 0 Å². The fourth-order valence-corrected chi connectivity index (χ4v) is 2.01. The molecule has 1 aromatic carbocycles. The summed E-state index contributed by atoms with van der Waals surface area (Å²) in [6.45, 7) is 0. The van der Waals surface area contributed by atoms with Gasteiger partial charge in [0.2, 0.25) is 10.0 Å². The number of rotatable bonds is 2. The van der Waals surface area contributed by atoms with E-state index < -0.39 is 22.2 Å². The molecule has 10 heteroatoms. The van der Waals surface area contributed by atoms with Crippen molar-refractivity contribution in [3.63, 3.8) is 0 Å². The summed E-state index contributed by atoms with van der Waals surface area (Å²) in [5.74, 6) is -2.76. The van der Waals surface area contributed by atoms with Gasteiger partial charge in [-0.25, -0.2) is 13.2 Å². The lowest BCUT2D eigenvalue weighted by Crippen LogP contribution is -2.21. The molecule has 0 aliphatic rings. The Morgan fingerprint density at radius 3 is 1.89 bits per heavy atom. The van der Waals surface area contributed by atoms with Gasteiger partial charge < -0.3 is 5.11 Å². The summed E-state index contributed by atoms with van der Waals surface area (Å²) in [6.07, 6.45) is -5.08. The monoisotopic (exact) mass is 397 g/mol. The first-order valence-corrected chi connectivity index (χ1v) is 6.65. The molecule has 0 radical (unpaired) electrons. The molecule has 102 valence electrons. The van der Waals surface area contributed by atoms with Crippen molar-refractivity contribution in [2.75, 3.05) is 0 Å². The molecule has 2 N–H and O–H groups in total. The van der Waals surface area contributed by atoms with Crippen LogP contribution < -0.4 is 2.94 Å². The average molecular weight is 397 g/mol. The van der Waals surface area contributed by atoms with Crippen molar-refractivity contribution in [1.82, 2.24) is 2.94 Å². The van der Waals surface area contributed by atoms with Crippen molar-refractivity contribution >= 4 is 38.9 Å². The second-order valence-corrected chi connectivity index (χ2v) is 5.65. The second kappa shape index (κ2) is 6.89. The van der Waals surface area contributed by atoms with E-state index >= 15 is 0 Å². The van der Waals surface area contributed by atoms with Crippen molar-refractivity contribution in [2.45, 2.75) is 11.1 Å². The number of carboxylic acids is 1. The van der Waals surface area contributed by atoms with Gasteiger partial charge in [0.1, 0.15) is 0 Å². The molecule has 0 saturated carbocycles. The highest BCUT2D eigenvalue weighted by Crippen LogP contribution is 2.13. The SMILES string of the molecule is O=C(O)C(F)(F)F.O=S(=O)(NI)c1ccccc1. The van der Waals surface area contributed by atoms with Crippen LogP contribution in [0.5, 0.6) is 0 Å². The lowest BCUT2D eigenvalue weighted by atomic mass is 10.4. The van der Waals surface area contributed by atoms with E-state index in [1.807, 2.05) is 0 Å². The molecule has 5 nitrogen and oxygen atoms in total. The number of hydrogen-bond donors (Lipinski definition) is 2. The van der Waals surface area contributed by atoms with Gasteiger partial charge in [-0.05, 0) is 12.1 Å². The maximum Gasteiger partial charge on any atom is 0.490 e. The molecule has 0 fully saturated rings. The minimum Gasteiger partial charge on any atom is -0.475 e. The van der Waals surface area contributed by atoms with Crippen molar-refractivity contribution in [3.8, 4) is 0 Å². The normalized spacial score (nSPS) is 11.3. The van der Waals surface area contributed by atoms with Crippen LogP contribution >= 0.6 is 22.9 Å². The largest absolute Gasteiger partial charge is 0.490 e. The van der Waals surface area contributed by atoms with Gasteiger partial charge in [-0.1, -0.05) is 18.2 Å². The summed E-state index contributed by atoms with van der Waals surface area (Å²) >= 11 is 1.60. The molecule has 18 heavy (non-hydrogen) atoms. The van der Waals surface area contributed by atoms with E-state index in [9.17, 15) is 21.6 Å². The summed E-state index contributed by atoms with van der Waals surface area (Å²) in [7, 11) is -3.26. The highest BCUT2D eigenvalue weighted by Gasteiger charge is 2.38. The number of carbonyl (C=O) groups is 1. The van der Waals surface area contributed by atoms with Gasteiger partial charge in [-0.15, -0.1) is 0 Å². The zero-order chi connectivity index (χ0) is 14.4. The average Bonchev–Trinajstić information content (AvgIpc) is 2.30. The maximum absolute atomic E-state index is 11.1. The number of carboxylic acid groups (broad SMARTS) is 1. The predicted molar refractivity (Wildman–Crippen MR) is 64.5 cm³/mol. The standard InChI is InChI=1S/C6H6INO2S.C2HF3O2/c7-8-11(9,10)6-4-2-1-3-5-6;3-2(4,5)1(6)7/h1-5,8H;(H,6,7). The first kappa shape index (κ1) is 17.1. The fourth-order valence-electron chi connectivity index (χ4n) is 0.644. The highest BCUT2D eigenvalue weighted by molar-refractivity contribution is 14.1. The van der Waals surface area contributed by atoms with Crippen LogP contribution in [0.2, 0.25) is 0 Å². The third-order valence-electron chi connectivity index (χ3n) is 1.40. The Morgan fingerprint density at radius 1 is 1.22 bits per heavy atom. The van der Waals surface area contributed by atoms with Crippen LogP contribution in [0.3, 0.4) is 0 Å². The number of halogens is 4. The van der Waals surface area contributed by atoms with Crippen LogP contribution in [0.25, 0.3) is 0 Å². The number of nitrogens with one attached hydrogen (secondary N) is 1. The third-order valence-corrected chi connectivity index (χ3v) is 4.23. The highest BCUT2D eigenvalue weighted by atomic mass is 127. The molecule has 0 heterocycles. The Kier molecular flexibility index (Phi) is 6.56. The number of hydrogen-bond acceptors (Lipinski definition) is 3. The summed E-state index contributed by atoms with van der Waals surface area (Å²) in [4.78, 5) is 9.18. The van der Waals surface area contributed by atoms with Crippen molar-refractivity contribution in [3.05, 3.63) is 30.3 Å². The molecular weight excluding hydrogens is 390 g/mol. The molecule has 0 unspecified atom stereocenters. The summed E-state index contributed by atoms with van der Waals surface area (Å²) in [6, 6.07) is 8.22. The molecule has 1 rings (SSSR count). The Labute approximate surface area is 115 Å². The predicted octanol–water partition coefficient (Wildman–Crippen LogP) is 1.95. The van der Waals surface area contributed by atoms with Crippen LogP contribution in [0.15, 0.2) is 35.2 Å². The molecule has 0 aliphatic carbocycles. The van der Waals surface area contributed by atoms with E-state index in [0.717, 1.165) is 0 Å². The third kappa shape index (κ3) is 6.16. The van der Waals surface area contributed by atoms with Gasteiger partial charge in [0.15, 0.2) is 0 Å². The molecule has 1 aromatic rings. The van der Waals surface area contributed by atoms with Gasteiger partial charge in [0, 0.05) is 22.9 Å². The van der Waals surface area contributed by atoms with Crippen LogP contribution in [0.1, 0.15) is 0 Å². The first-order chi connectivity index (χ1) is 8.11. The van der Waals surface area contributed by atoms with E-state index in [4.69, 9.17) is 9.90 Å². The van der Waals surface area contributed by atoms with Crippen LogP contribution in [0.4, 0.5) is 13.2 Å². The molecular formula is C8H7F3INO4S. The smallest absolute Gasteiger partial charge is 0.475 e. The lowest BCUT2D eigenvalue weighted by molar-refractivity contribution is -0.192. The Hall–Kier alpha value is -0.880. The van der Waals surface area contributed by atoms with Gasteiger partial charge in [0.25, 0.3) is 0 Å². The zero-order valence-electron chi connectivity index (χ0n) is 8.48. The number of benzene rings is 1. The van der Waals surface area contributed by atoms with E-state index in [1.165, 1.54) is 0 Å². The number of aliphatic carboxylic acids is 1. The summed E-state index contributed by atoms with van der Waals surface area (Å²) in [5, 5.41) is 7.12. The molecule has 0 bridgehead atoms.